The second-order valence-electron chi connectivity index (χ2n) is 5.39. The molecule has 0 saturated heterocycles. The summed E-state index contributed by atoms with van der Waals surface area (Å²) in [5, 5.41) is 5.41. The molecule has 124 valence electrons. The summed E-state index contributed by atoms with van der Waals surface area (Å²) in [6.45, 7) is 0.349. The molecule has 2 aromatic rings. The fraction of sp³-hybridized carbons (Fsp3) is 0.176. The van der Waals surface area contributed by atoms with Crippen molar-refractivity contribution in [2.75, 3.05) is 12.3 Å². The van der Waals surface area contributed by atoms with Crippen molar-refractivity contribution < 1.29 is 17.6 Å². The molecular weight excluding hydrogens is 331 g/mol. The quantitative estimate of drug-likeness (QED) is 0.798. The van der Waals surface area contributed by atoms with Gasteiger partial charge < -0.3 is 0 Å². The summed E-state index contributed by atoms with van der Waals surface area (Å²) >= 11 is 0. The van der Waals surface area contributed by atoms with Gasteiger partial charge in [-0.1, -0.05) is 30.3 Å². The summed E-state index contributed by atoms with van der Waals surface area (Å²) < 4.78 is 37.4. The molecule has 0 saturated carbocycles. The first-order valence-corrected chi connectivity index (χ1v) is 9.02. The molecule has 1 amide bonds. The van der Waals surface area contributed by atoms with Crippen LogP contribution in [0.5, 0.6) is 0 Å². The van der Waals surface area contributed by atoms with Gasteiger partial charge in [-0.2, -0.15) is 5.10 Å². The number of rotatable bonds is 4. The number of nitrogens with zero attached hydrogens (tertiary/aromatic N) is 2. The van der Waals surface area contributed by atoms with Crippen LogP contribution in [0.25, 0.3) is 0 Å². The molecular formula is C17H15FN2O3S. The monoisotopic (exact) mass is 346 g/mol. The number of amides is 1. The molecule has 0 spiro atoms. The third-order valence-corrected chi connectivity index (χ3v) is 5.30. The molecule has 0 atom stereocenters. The average Bonchev–Trinajstić information content (AvgIpc) is 3.06. The Morgan fingerprint density at radius 2 is 1.75 bits per heavy atom. The van der Waals surface area contributed by atoms with E-state index in [4.69, 9.17) is 0 Å². The smallest absolute Gasteiger partial charge is 0.258 e. The van der Waals surface area contributed by atoms with E-state index in [0.29, 0.717) is 13.0 Å². The van der Waals surface area contributed by atoms with E-state index >= 15 is 0 Å². The topological polar surface area (TPSA) is 66.8 Å². The maximum absolute atomic E-state index is 12.9. The lowest BCUT2D eigenvalue weighted by atomic mass is 10.1. The molecule has 0 fully saturated rings. The summed E-state index contributed by atoms with van der Waals surface area (Å²) in [5.74, 6) is -1.81. The number of hydrogen-bond donors (Lipinski definition) is 0. The van der Waals surface area contributed by atoms with Crippen LogP contribution in [0, 0.1) is 5.82 Å². The molecule has 7 heteroatoms. The number of carbonyl (C=O) groups excluding carboxylic acids is 1. The maximum Gasteiger partial charge on any atom is 0.258 e. The van der Waals surface area contributed by atoms with Crippen LogP contribution in [-0.4, -0.2) is 37.3 Å². The number of benzene rings is 2. The number of sulfone groups is 1. The zero-order valence-corrected chi connectivity index (χ0v) is 13.5. The van der Waals surface area contributed by atoms with E-state index in [2.05, 4.69) is 5.10 Å². The summed E-state index contributed by atoms with van der Waals surface area (Å²) in [6.07, 6.45) is 0.576. The van der Waals surface area contributed by atoms with Crippen LogP contribution in [0.15, 0.2) is 64.6 Å². The predicted molar refractivity (Wildman–Crippen MR) is 87.8 cm³/mol. The molecule has 1 aliphatic heterocycles. The van der Waals surface area contributed by atoms with Gasteiger partial charge in [0, 0.05) is 6.42 Å². The second kappa shape index (κ2) is 6.52. The Morgan fingerprint density at radius 3 is 2.42 bits per heavy atom. The Hall–Kier alpha value is -2.54. The summed E-state index contributed by atoms with van der Waals surface area (Å²) in [7, 11) is -3.82. The van der Waals surface area contributed by atoms with E-state index in [1.807, 2.05) is 30.3 Å². The molecule has 0 aliphatic carbocycles. The molecule has 1 aliphatic rings. The van der Waals surface area contributed by atoms with Crippen LogP contribution in [-0.2, 0) is 14.6 Å². The van der Waals surface area contributed by atoms with Crippen LogP contribution in [0.3, 0.4) is 0 Å². The predicted octanol–water partition coefficient (Wildman–Crippen LogP) is 2.24. The number of hydrazone groups is 1. The van der Waals surface area contributed by atoms with Gasteiger partial charge in [0.25, 0.3) is 5.91 Å². The summed E-state index contributed by atoms with van der Waals surface area (Å²) in [4.78, 5) is 12.2. The van der Waals surface area contributed by atoms with E-state index in [9.17, 15) is 17.6 Å². The largest absolute Gasteiger partial charge is 0.272 e. The number of hydrogen-bond acceptors (Lipinski definition) is 4. The van der Waals surface area contributed by atoms with E-state index in [1.165, 1.54) is 5.01 Å². The molecule has 0 N–H and O–H groups in total. The minimum absolute atomic E-state index is 0.0799. The first kappa shape index (κ1) is 16.3. The van der Waals surface area contributed by atoms with Crippen molar-refractivity contribution in [1.82, 2.24) is 5.01 Å². The molecule has 2 aromatic carbocycles. The number of halogens is 1. The Labute approximate surface area is 139 Å². The van der Waals surface area contributed by atoms with E-state index < -0.39 is 27.3 Å². The minimum Gasteiger partial charge on any atom is -0.272 e. The van der Waals surface area contributed by atoms with Gasteiger partial charge in [-0.15, -0.1) is 0 Å². The lowest BCUT2D eigenvalue weighted by Gasteiger charge is -2.11. The highest BCUT2D eigenvalue weighted by molar-refractivity contribution is 7.92. The SMILES string of the molecule is O=C(CS(=O)(=O)c1ccc(F)cc1)N1CCC(c2ccccc2)=N1. The molecule has 0 unspecified atom stereocenters. The molecule has 0 bridgehead atoms. The Balaban J connectivity index is 1.74. The van der Waals surface area contributed by atoms with Gasteiger partial charge in [0.1, 0.15) is 11.6 Å². The van der Waals surface area contributed by atoms with Crippen LogP contribution < -0.4 is 0 Å². The standard InChI is InChI=1S/C17H15FN2O3S/c18-14-6-8-15(9-7-14)24(22,23)12-17(21)20-11-10-16(19-20)13-4-2-1-3-5-13/h1-9H,10-12H2. The highest BCUT2D eigenvalue weighted by Gasteiger charge is 2.27. The van der Waals surface area contributed by atoms with E-state index in [0.717, 1.165) is 35.5 Å². The van der Waals surface area contributed by atoms with Crippen molar-refractivity contribution in [3.63, 3.8) is 0 Å². The molecule has 1 heterocycles. The van der Waals surface area contributed by atoms with Crippen molar-refractivity contribution in [2.45, 2.75) is 11.3 Å². The minimum atomic E-state index is -3.82. The Bertz CT molecular complexity index is 878. The van der Waals surface area contributed by atoms with Crippen LogP contribution in [0.2, 0.25) is 0 Å². The first-order chi connectivity index (χ1) is 11.5. The van der Waals surface area contributed by atoms with Gasteiger partial charge in [-0.25, -0.2) is 17.8 Å². The molecule has 0 aromatic heterocycles. The van der Waals surface area contributed by atoms with Gasteiger partial charge >= 0.3 is 0 Å². The van der Waals surface area contributed by atoms with E-state index in [-0.39, 0.29) is 4.90 Å². The third-order valence-electron chi connectivity index (χ3n) is 3.68. The van der Waals surface area contributed by atoms with Crippen molar-refractivity contribution in [2.24, 2.45) is 5.10 Å². The zero-order valence-electron chi connectivity index (χ0n) is 12.7. The van der Waals surface area contributed by atoms with Crippen molar-refractivity contribution >= 4 is 21.5 Å². The van der Waals surface area contributed by atoms with Gasteiger partial charge in [-0.3, -0.25) is 4.79 Å². The van der Waals surface area contributed by atoms with E-state index in [1.54, 1.807) is 0 Å². The van der Waals surface area contributed by atoms with Gasteiger partial charge in [0.15, 0.2) is 9.84 Å². The van der Waals surface area contributed by atoms with Crippen molar-refractivity contribution in [3.05, 3.63) is 66.0 Å². The highest BCUT2D eigenvalue weighted by atomic mass is 32.2. The summed E-state index contributed by atoms with van der Waals surface area (Å²) in [5.41, 5.74) is 1.66. The van der Waals surface area contributed by atoms with Gasteiger partial charge in [0.2, 0.25) is 0 Å². The van der Waals surface area contributed by atoms with Gasteiger partial charge in [-0.05, 0) is 29.8 Å². The zero-order chi connectivity index (χ0) is 17.2. The van der Waals surface area contributed by atoms with Gasteiger partial charge in [0.05, 0.1) is 17.2 Å². The van der Waals surface area contributed by atoms with Crippen molar-refractivity contribution in [3.8, 4) is 0 Å². The first-order valence-electron chi connectivity index (χ1n) is 7.37. The fourth-order valence-corrected chi connectivity index (χ4v) is 3.62. The number of carbonyl (C=O) groups is 1. The molecule has 5 nitrogen and oxygen atoms in total. The molecule has 3 rings (SSSR count). The normalized spacial score (nSPS) is 14.5. The van der Waals surface area contributed by atoms with Crippen LogP contribution >= 0.6 is 0 Å². The Morgan fingerprint density at radius 1 is 1.08 bits per heavy atom. The summed E-state index contributed by atoms with van der Waals surface area (Å²) in [6, 6.07) is 13.8. The van der Waals surface area contributed by atoms with Crippen LogP contribution in [0.4, 0.5) is 4.39 Å². The average molecular weight is 346 g/mol. The van der Waals surface area contributed by atoms with Crippen LogP contribution in [0.1, 0.15) is 12.0 Å². The highest BCUT2D eigenvalue weighted by Crippen LogP contribution is 2.17. The third kappa shape index (κ3) is 3.51. The fourth-order valence-electron chi connectivity index (χ4n) is 2.43. The lowest BCUT2D eigenvalue weighted by Crippen LogP contribution is -2.30. The maximum atomic E-state index is 12.9. The second-order valence-corrected chi connectivity index (χ2v) is 7.38. The Kier molecular flexibility index (Phi) is 4.44. The molecule has 0 radical (unpaired) electrons. The molecule has 24 heavy (non-hydrogen) atoms. The lowest BCUT2D eigenvalue weighted by molar-refractivity contribution is -0.127. The van der Waals surface area contributed by atoms with Crippen molar-refractivity contribution in [1.29, 1.82) is 0 Å².